The summed E-state index contributed by atoms with van der Waals surface area (Å²) in [5.74, 6) is 1.60. The van der Waals surface area contributed by atoms with Crippen molar-refractivity contribution in [1.29, 1.82) is 0 Å². The van der Waals surface area contributed by atoms with E-state index in [9.17, 15) is 0 Å². The van der Waals surface area contributed by atoms with Crippen LogP contribution in [0.1, 0.15) is 12.8 Å². The maximum atomic E-state index is 5.34. The van der Waals surface area contributed by atoms with E-state index in [-0.39, 0.29) is 0 Å². The lowest BCUT2D eigenvalue weighted by Crippen LogP contribution is -2.20. The minimum atomic E-state index is 0.585. The maximum absolute atomic E-state index is 5.34. The molecule has 2 heterocycles. The topological polar surface area (TPSA) is 67.1 Å². The first-order valence-corrected chi connectivity index (χ1v) is 6.53. The number of aromatic nitrogens is 2. The first-order valence-electron chi connectivity index (χ1n) is 6.53. The van der Waals surface area contributed by atoms with E-state index in [1.165, 1.54) is 19.0 Å². The van der Waals surface area contributed by atoms with Gasteiger partial charge < -0.3 is 16.0 Å². The van der Waals surface area contributed by atoms with Crippen molar-refractivity contribution in [3.8, 4) is 0 Å². The number of benzene rings is 1. The van der Waals surface area contributed by atoms with Crippen LogP contribution in [-0.2, 0) is 0 Å². The number of hydrogen-bond acceptors (Lipinski definition) is 5. The molecular weight excluding hydrogens is 238 g/mol. The normalized spacial score (nSPS) is 15.5. The molecule has 0 spiro atoms. The highest BCUT2D eigenvalue weighted by atomic mass is 15.2. The smallest absolute Gasteiger partial charge is 0.229 e. The summed E-state index contributed by atoms with van der Waals surface area (Å²) < 4.78 is 0. The van der Waals surface area contributed by atoms with Crippen LogP contribution in [-0.4, -0.2) is 23.1 Å². The second-order valence-electron chi connectivity index (χ2n) is 4.59. The lowest BCUT2D eigenvalue weighted by atomic mass is 10.2. The van der Waals surface area contributed by atoms with E-state index in [1.807, 2.05) is 18.2 Å². The predicted molar refractivity (Wildman–Crippen MR) is 77.9 cm³/mol. The Kier molecular flexibility index (Phi) is 3.18. The van der Waals surface area contributed by atoms with Crippen molar-refractivity contribution < 1.29 is 0 Å². The minimum absolute atomic E-state index is 0.585. The fraction of sp³-hybridized carbons (Fsp3) is 0.286. The highest BCUT2D eigenvalue weighted by molar-refractivity contribution is 5.90. The fourth-order valence-electron chi connectivity index (χ4n) is 2.42. The molecule has 3 N–H and O–H groups in total. The van der Waals surface area contributed by atoms with Crippen LogP contribution >= 0.6 is 0 Å². The van der Waals surface area contributed by atoms with Crippen molar-refractivity contribution in [2.75, 3.05) is 23.3 Å². The van der Waals surface area contributed by atoms with E-state index in [4.69, 9.17) is 5.73 Å². The Morgan fingerprint density at radius 3 is 2.74 bits per heavy atom. The zero-order chi connectivity index (χ0) is 13.1. The zero-order valence-corrected chi connectivity index (χ0v) is 10.7. The highest BCUT2D eigenvalue weighted by Gasteiger charge is 2.17. The minimum Gasteiger partial charge on any atom is -0.403 e. The van der Waals surface area contributed by atoms with Gasteiger partial charge in [0.25, 0.3) is 0 Å². The molecule has 0 aliphatic carbocycles. The average Bonchev–Trinajstić information content (AvgIpc) is 2.98. The number of fused-ring (bicyclic) bond motifs is 1. The van der Waals surface area contributed by atoms with E-state index < -0.39 is 0 Å². The van der Waals surface area contributed by atoms with Gasteiger partial charge in [-0.2, -0.15) is 4.98 Å². The van der Waals surface area contributed by atoms with Crippen LogP contribution in [0.5, 0.6) is 0 Å². The molecule has 0 amide bonds. The Morgan fingerprint density at radius 1 is 1.16 bits per heavy atom. The molecule has 19 heavy (non-hydrogen) atoms. The Hall–Kier alpha value is -2.30. The molecule has 1 fully saturated rings. The second kappa shape index (κ2) is 5.14. The van der Waals surface area contributed by atoms with Gasteiger partial charge in [-0.05, 0) is 25.0 Å². The quantitative estimate of drug-likeness (QED) is 0.879. The van der Waals surface area contributed by atoms with E-state index >= 15 is 0 Å². The number of nitrogens with zero attached hydrogens (tertiary/aromatic N) is 3. The third-order valence-corrected chi connectivity index (χ3v) is 3.30. The van der Waals surface area contributed by atoms with E-state index in [0.717, 1.165) is 29.8 Å². The summed E-state index contributed by atoms with van der Waals surface area (Å²) in [6.45, 7) is 2.13. The molecule has 3 rings (SSSR count). The summed E-state index contributed by atoms with van der Waals surface area (Å²) >= 11 is 0. The van der Waals surface area contributed by atoms with Crippen LogP contribution in [0.25, 0.3) is 10.9 Å². The van der Waals surface area contributed by atoms with Gasteiger partial charge in [-0.15, -0.1) is 0 Å². The number of hydrogen-bond donors (Lipinski definition) is 2. The molecule has 1 aromatic heterocycles. The van der Waals surface area contributed by atoms with Crippen molar-refractivity contribution in [2.24, 2.45) is 5.73 Å². The van der Waals surface area contributed by atoms with Crippen LogP contribution in [0.3, 0.4) is 0 Å². The fourth-order valence-corrected chi connectivity index (χ4v) is 2.42. The van der Waals surface area contributed by atoms with Crippen molar-refractivity contribution in [3.05, 3.63) is 36.7 Å². The lowest BCUT2D eigenvalue weighted by Gasteiger charge is -2.19. The molecule has 1 saturated heterocycles. The SMILES string of the molecule is NC=CNc1nc(N2CCCC2)c2ccccc2n1. The summed E-state index contributed by atoms with van der Waals surface area (Å²) in [6.07, 6.45) is 5.53. The van der Waals surface area contributed by atoms with E-state index in [0.29, 0.717) is 5.95 Å². The van der Waals surface area contributed by atoms with Crippen LogP contribution < -0.4 is 16.0 Å². The van der Waals surface area contributed by atoms with Gasteiger partial charge >= 0.3 is 0 Å². The summed E-state index contributed by atoms with van der Waals surface area (Å²) in [5, 5.41) is 4.10. The van der Waals surface area contributed by atoms with Gasteiger partial charge in [-0.25, -0.2) is 4.98 Å². The highest BCUT2D eigenvalue weighted by Crippen LogP contribution is 2.27. The van der Waals surface area contributed by atoms with Crippen molar-refractivity contribution in [1.82, 2.24) is 9.97 Å². The van der Waals surface area contributed by atoms with Crippen LogP contribution in [0.15, 0.2) is 36.7 Å². The number of para-hydroxylation sites is 1. The molecule has 0 saturated carbocycles. The molecule has 1 aliphatic rings. The number of anilines is 2. The summed E-state index contributed by atoms with van der Waals surface area (Å²) in [4.78, 5) is 11.4. The Balaban J connectivity index is 2.10. The first-order chi connectivity index (χ1) is 9.38. The van der Waals surface area contributed by atoms with Crippen molar-refractivity contribution >= 4 is 22.7 Å². The number of rotatable bonds is 3. The summed E-state index contributed by atoms with van der Waals surface area (Å²) in [5.41, 5.74) is 6.29. The Morgan fingerprint density at radius 2 is 1.95 bits per heavy atom. The van der Waals surface area contributed by atoms with Crippen LogP contribution in [0, 0.1) is 0 Å². The van der Waals surface area contributed by atoms with Gasteiger partial charge in [-0.1, -0.05) is 12.1 Å². The average molecular weight is 255 g/mol. The maximum Gasteiger partial charge on any atom is 0.229 e. The van der Waals surface area contributed by atoms with Crippen LogP contribution in [0.4, 0.5) is 11.8 Å². The molecule has 1 aliphatic heterocycles. The third kappa shape index (κ3) is 2.31. The summed E-state index contributed by atoms with van der Waals surface area (Å²) in [7, 11) is 0. The monoisotopic (exact) mass is 255 g/mol. The molecule has 5 heteroatoms. The van der Waals surface area contributed by atoms with E-state index in [1.54, 1.807) is 6.20 Å². The van der Waals surface area contributed by atoms with Gasteiger partial charge in [0.2, 0.25) is 5.95 Å². The molecule has 98 valence electrons. The van der Waals surface area contributed by atoms with Gasteiger partial charge in [0.05, 0.1) is 5.52 Å². The molecule has 0 atom stereocenters. The zero-order valence-electron chi connectivity index (χ0n) is 10.7. The number of nitrogens with two attached hydrogens (primary N) is 1. The third-order valence-electron chi connectivity index (χ3n) is 3.30. The Labute approximate surface area is 112 Å². The van der Waals surface area contributed by atoms with Gasteiger partial charge in [0.1, 0.15) is 5.82 Å². The van der Waals surface area contributed by atoms with Gasteiger partial charge in [0.15, 0.2) is 0 Å². The largest absolute Gasteiger partial charge is 0.403 e. The molecule has 1 aromatic carbocycles. The van der Waals surface area contributed by atoms with Crippen molar-refractivity contribution in [2.45, 2.75) is 12.8 Å². The van der Waals surface area contributed by atoms with Gasteiger partial charge in [-0.3, -0.25) is 0 Å². The molecular formula is C14H17N5. The molecule has 0 unspecified atom stereocenters. The lowest BCUT2D eigenvalue weighted by molar-refractivity contribution is 0.941. The van der Waals surface area contributed by atoms with Gasteiger partial charge in [0, 0.05) is 30.9 Å². The molecule has 0 bridgehead atoms. The number of nitrogens with one attached hydrogen (secondary N) is 1. The predicted octanol–water partition coefficient (Wildman–Crippen LogP) is 2.07. The molecule has 2 aromatic rings. The van der Waals surface area contributed by atoms with Crippen molar-refractivity contribution in [3.63, 3.8) is 0 Å². The first kappa shape index (κ1) is 11.8. The summed E-state index contributed by atoms with van der Waals surface area (Å²) in [6, 6.07) is 8.10. The standard InChI is InChI=1S/C14H17N5/c15-7-8-16-14-17-12-6-2-1-5-11(12)13(18-14)19-9-3-4-10-19/h1-2,5-8H,3-4,9-10,15H2,(H,16,17,18). The van der Waals surface area contributed by atoms with E-state index in [2.05, 4.69) is 26.3 Å². The Bertz CT molecular complexity index is 602. The molecule has 0 radical (unpaired) electrons. The molecule has 5 nitrogen and oxygen atoms in total. The second-order valence-corrected chi connectivity index (χ2v) is 4.59. The van der Waals surface area contributed by atoms with Crippen LogP contribution in [0.2, 0.25) is 0 Å².